The summed E-state index contributed by atoms with van der Waals surface area (Å²) in [6.07, 6.45) is -1.06. The Labute approximate surface area is 170 Å². The van der Waals surface area contributed by atoms with Gasteiger partial charge in [-0.15, -0.1) is 0 Å². The molecule has 14 heteroatoms. The van der Waals surface area contributed by atoms with Gasteiger partial charge in [0.15, 0.2) is 11.7 Å². The zero-order chi connectivity index (χ0) is 23.2. The molecule has 0 spiro atoms. The second kappa shape index (κ2) is 6.18. The average Bonchev–Trinajstić information content (AvgIpc) is 2.90. The number of Topliss-reactive ketones (excluding diaryl/α,β-unsaturated/α-hetero) is 1. The summed E-state index contributed by atoms with van der Waals surface area (Å²) in [5, 5.41) is 11.7. The molecule has 0 atom stereocenters. The minimum atomic E-state index is -7.20. The fourth-order valence-corrected chi connectivity index (χ4v) is 3.87. The largest absolute Gasteiger partial charge is 0.872 e. The first-order valence-electron chi connectivity index (χ1n) is 7.65. The maximum Gasteiger partial charge on any atom is 0.384 e. The molecule has 2 aliphatic rings. The second-order valence-electron chi connectivity index (χ2n) is 6.66. The number of hydrogen-bond acceptors (Lipinski definition) is 2. The predicted octanol–water partition coefficient (Wildman–Crippen LogP) is 5.00. The molecule has 1 saturated carbocycles. The van der Waals surface area contributed by atoms with E-state index >= 15 is 0 Å². The molecule has 0 radical (unpaired) electrons. The number of allylic oxidation sites excluding steroid dienone is 1. The number of carbonyl (C=O) groups is 1. The number of alkyl halides is 10. The number of fused-ring (bicyclic) bond motifs is 1. The Hall–Kier alpha value is -1.69. The third-order valence-electron chi connectivity index (χ3n) is 4.94. The summed E-state index contributed by atoms with van der Waals surface area (Å²) in [6.45, 7) is 0. The summed E-state index contributed by atoms with van der Waals surface area (Å²) >= 11 is 11.4. The van der Waals surface area contributed by atoms with E-state index < -0.39 is 64.6 Å². The highest BCUT2D eigenvalue weighted by molar-refractivity contribution is 6.35. The molecule has 166 valence electrons. The molecule has 0 bridgehead atoms. The van der Waals surface area contributed by atoms with Crippen LogP contribution in [0.5, 0.6) is 0 Å². The van der Waals surface area contributed by atoms with Crippen molar-refractivity contribution in [2.24, 2.45) is 5.92 Å². The van der Waals surface area contributed by atoms with E-state index in [4.69, 9.17) is 23.2 Å². The minimum Gasteiger partial charge on any atom is -0.872 e. The van der Waals surface area contributed by atoms with Gasteiger partial charge < -0.3 is 5.11 Å². The summed E-state index contributed by atoms with van der Waals surface area (Å²) in [5.74, 6) is -43.9. The van der Waals surface area contributed by atoms with Crippen LogP contribution in [0.1, 0.15) is 11.1 Å². The fraction of sp³-hybridized carbons (Fsp3) is 0.438. The summed E-state index contributed by atoms with van der Waals surface area (Å²) in [5.41, 5.74) is -2.35. The molecule has 0 aromatic heterocycles. The van der Waals surface area contributed by atoms with Gasteiger partial charge in [0.25, 0.3) is 0 Å². The van der Waals surface area contributed by atoms with E-state index in [1.54, 1.807) is 0 Å². The summed E-state index contributed by atoms with van der Waals surface area (Å²) in [6, 6.07) is 1.86. The lowest BCUT2D eigenvalue weighted by Crippen LogP contribution is -2.78. The first-order valence-corrected chi connectivity index (χ1v) is 8.41. The Morgan fingerprint density at radius 2 is 1.33 bits per heavy atom. The summed E-state index contributed by atoms with van der Waals surface area (Å²) in [7, 11) is 0. The van der Waals surface area contributed by atoms with Crippen molar-refractivity contribution in [3.8, 4) is 0 Å². The van der Waals surface area contributed by atoms with Crippen LogP contribution in [0.3, 0.4) is 0 Å². The van der Waals surface area contributed by atoms with Crippen LogP contribution in [0.25, 0.3) is 5.76 Å². The first-order chi connectivity index (χ1) is 13.3. The number of hydrogen-bond donors (Lipinski definition) is 0. The predicted molar refractivity (Wildman–Crippen MR) is 80.3 cm³/mol. The Balaban J connectivity index is 2.20. The molecule has 1 aromatic carbocycles. The summed E-state index contributed by atoms with van der Waals surface area (Å²) < 4.78 is 137. The molecule has 0 N–H and O–H groups in total. The second-order valence-corrected chi connectivity index (χ2v) is 7.51. The number of rotatable bonds is 2. The number of benzene rings is 1. The highest BCUT2D eigenvalue weighted by Crippen LogP contribution is 2.67. The van der Waals surface area contributed by atoms with Crippen molar-refractivity contribution in [1.29, 1.82) is 0 Å². The van der Waals surface area contributed by atoms with E-state index in [1.165, 1.54) is 0 Å². The minimum absolute atomic E-state index is 0.216. The molecular formula is C16H5Cl2F10O2-. The van der Waals surface area contributed by atoms with Crippen molar-refractivity contribution >= 4 is 34.7 Å². The third kappa shape index (κ3) is 2.49. The monoisotopic (exact) mass is 489 g/mol. The Morgan fingerprint density at radius 1 is 0.867 bits per heavy atom. The molecule has 2 nitrogen and oxygen atoms in total. The van der Waals surface area contributed by atoms with E-state index in [1.807, 2.05) is 0 Å². The van der Waals surface area contributed by atoms with Gasteiger partial charge in [-0.2, -0.15) is 43.9 Å². The van der Waals surface area contributed by atoms with Crippen molar-refractivity contribution in [2.75, 3.05) is 0 Å². The lowest BCUT2D eigenvalue weighted by molar-refractivity contribution is -0.456. The van der Waals surface area contributed by atoms with Crippen LogP contribution in [0.15, 0.2) is 17.7 Å². The van der Waals surface area contributed by atoms with Crippen LogP contribution in [-0.4, -0.2) is 35.4 Å². The molecule has 0 aliphatic heterocycles. The summed E-state index contributed by atoms with van der Waals surface area (Å²) in [4.78, 5) is 12.3. The van der Waals surface area contributed by atoms with Crippen LogP contribution in [0.2, 0.25) is 10.0 Å². The molecule has 2 aliphatic carbocycles. The zero-order valence-electron chi connectivity index (χ0n) is 13.8. The standard InChI is InChI=1S/C16H6Cl2F10O2/c17-4-1-6-5(8(18)2-4)3-7(9(6)29)10(30)11-12(19,20)14(23,24)16(27,28)15(25,26)13(11,21)22/h1-2,11,29H,3H2/p-1. The first kappa shape index (κ1) is 23.0. The van der Waals surface area contributed by atoms with Crippen LogP contribution in [0, 0.1) is 5.92 Å². The van der Waals surface area contributed by atoms with Crippen molar-refractivity contribution in [3.05, 3.63) is 38.9 Å². The van der Waals surface area contributed by atoms with Crippen molar-refractivity contribution in [3.63, 3.8) is 0 Å². The molecule has 30 heavy (non-hydrogen) atoms. The average molecular weight is 490 g/mol. The van der Waals surface area contributed by atoms with E-state index in [0.29, 0.717) is 0 Å². The van der Waals surface area contributed by atoms with Crippen LogP contribution in [0.4, 0.5) is 43.9 Å². The maximum atomic E-state index is 14.0. The molecule has 0 heterocycles. The molecule has 3 rings (SSSR count). The lowest BCUT2D eigenvalue weighted by Gasteiger charge is -2.49. The Morgan fingerprint density at radius 3 is 1.80 bits per heavy atom. The fourth-order valence-electron chi connectivity index (χ4n) is 3.31. The van der Waals surface area contributed by atoms with Gasteiger partial charge in [0.05, 0.1) is 0 Å². The van der Waals surface area contributed by atoms with Gasteiger partial charge in [-0.25, -0.2) is 0 Å². The van der Waals surface area contributed by atoms with Crippen molar-refractivity contribution in [1.82, 2.24) is 0 Å². The topological polar surface area (TPSA) is 40.1 Å². The highest BCUT2D eigenvalue weighted by Gasteiger charge is 2.96. The third-order valence-corrected chi connectivity index (χ3v) is 5.50. The number of halogens is 12. The van der Waals surface area contributed by atoms with Crippen molar-refractivity contribution in [2.45, 2.75) is 36.0 Å². The van der Waals surface area contributed by atoms with Crippen LogP contribution < -0.4 is 5.11 Å². The van der Waals surface area contributed by atoms with Gasteiger partial charge >= 0.3 is 29.6 Å². The molecule has 1 fully saturated rings. The van der Waals surface area contributed by atoms with Gasteiger partial charge in [0.1, 0.15) is 0 Å². The Kier molecular flexibility index (Phi) is 4.73. The normalized spacial score (nSPS) is 25.9. The lowest BCUT2D eigenvalue weighted by atomic mass is 9.71. The molecule has 0 amide bonds. The maximum absolute atomic E-state index is 14.0. The van der Waals surface area contributed by atoms with Crippen LogP contribution in [-0.2, 0) is 11.2 Å². The Bertz CT molecular complexity index is 956. The quantitative estimate of drug-likeness (QED) is 0.549. The van der Waals surface area contributed by atoms with Gasteiger partial charge in [-0.1, -0.05) is 29.0 Å². The molecule has 0 unspecified atom stereocenters. The van der Waals surface area contributed by atoms with E-state index in [0.717, 1.165) is 12.1 Å². The molecule has 0 saturated heterocycles. The smallest absolute Gasteiger partial charge is 0.384 e. The van der Waals surface area contributed by atoms with Gasteiger partial charge in [0.2, 0.25) is 0 Å². The number of ketones is 1. The van der Waals surface area contributed by atoms with E-state index in [9.17, 15) is 53.8 Å². The van der Waals surface area contributed by atoms with Gasteiger partial charge in [0, 0.05) is 16.5 Å². The van der Waals surface area contributed by atoms with Gasteiger partial charge in [-0.3, -0.25) is 4.79 Å². The van der Waals surface area contributed by atoms with E-state index in [-0.39, 0.29) is 15.6 Å². The molecular weight excluding hydrogens is 485 g/mol. The number of carbonyl (C=O) groups excluding carboxylic acids is 1. The van der Waals surface area contributed by atoms with E-state index in [2.05, 4.69) is 0 Å². The molecule has 1 aromatic rings. The highest BCUT2D eigenvalue weighted by atomic mass is 35.5. The van der Waals surface area contributed by atoms with Crippen molar-refractivity contribution < 1.29 is 53.8 Å². The van der Waals surface area contributed by atoms with Gasteiger partial charge in [-0.05, 0) is 28.8 Å². The zero-order valence-corrected chi connectivity index (χ0v) is 15.3. The SMILES string of the molecule is O=C(C1=C([O-])c2cc(Cl)cc(Cl)c2C1)C1C(F)(F)C(F)(F)C(F)(F)C(F)(F)C1(F)F. The van der Waals surface area contributed by atoms with Crippen LogP contribution >= 0.6 is 23.2 Å².